The van der Waals surface area contributed by atoms with Crippen LogP contribution in [0, 0.1) is 6.92 Å². The maximum absolute atomic E-state index is 12.2. The molecule has 0 saturated heterocycles. The van der Waals surface area contributed by atoms with Gasteiger partial charge in [-0.1, -0.05) is 35.9 Å². The second-order valence-corrected chi connectivity index (χ2v) is 6.01. The molecule has 2 aromatic carbocycles. The van der Waals surface area contributed by atoms with Crippen LogP contribution in [-0.2, 0) is 9.53 Å². The molecule has 1 N–H and O–H groups in total. The van der Waals surface area contributed by atoms with Gasteiger partial charge in [-0.25, -0.2) is 4.79 Å². The molecule has 0 amide bonds. The standard InChI is InChI=1S/C20H25NO4/c1-16-9-11-18(12-10-16)24-14-13-21-20(2,19(22)23-3)15-25-17-7-5-4-6-8-17/h4-12,21H,13-15H2,1-3H3/t20-/m0/s1. The Morgan fingerprint density at radius 1 is 1.00 bits per heavy atom. The summed E-state index contributed by atoms with van der Waals surface area (Å²) in [6, 6.07) is 17.2. The molecule has 0 fully saturated rings. The minimum absolute atomic E-state index is 0.161. The number of aryl methyl sites for hydroxylation is 1. The van der Waals surface area contributed by atoms with Crippen LogP contribution in [0.5, 0.6) is 11.5 Å². The number of ether oxygens (including phenoxy) is 3. The fourth-order valence-electron chi connectivity index (χ4n) is 2.28. The second-order valence-electron chi connectivity index (χ2n) is 6.01. The molecule has 0 radical (unpaired) electrons. The molecule has 1 atom stereocenters. The maximum atomic E-state index is 12.2. The van der Waals surface area contributed by atoms with Crippen molar-refractivity contribution < 1.29 is 19.0 Å². The van der Waals surface area contributed by atoms with Gasteiger partial charge >= 0.3 is 5.97 Å². The molecule has 0 unspecified atom stereocenters. The Morgan fingerprint density at radius 3 is 2.28 bits per heavy atom. The Morgan fingerprint density at radius 2 is 1.64 bits per heavy atom. The number of benzene rings is 2. The molecule has 0 bridgehead atoms. The van der Waals surface area contributed by atoms with Gasteiger partial charge in [-0.15, -0.1) is 0 Å². The van der Waals surface area contributed by atoms with E-state index < -0.39 is 5.54 Å². The zero-order chi connectivity index (χ0) is 18.1. The summed E-state index contributed by atoms with van der Waals surface area (Å²) in [5.41, 5.74) is 0.225. The lowest BCUT2D eigenvalue weighted by Crippen LogP contribution is -2.55. The number of esters is 1. The summed E-state index contributed by atoms with van der Waals surface area (Å²) in [6.45, 7) is 4.86. The van der Waals surface area contributed by atoms with Gasteiger partial charge in [0.15, 0.2) is 0 Å². The van der Waals surface area contributed by atoms with E-state index in [9.17, 15) is 4.79 Å². The molecule has 2 rings (SSSR count). The molecule has 0 spiro atoms. The van der Waals surface area contributed by atoms with Crippen LogP contribution < -0.4 is 14.8 Å². The summed E-state index contributed by atoms with van der Waals surface area (Å²) in [5.74, 6) is 1.13. The average Bonchev–Trinajstić information content (AvgIpc) is 2.65. The largest absolute Gasteiger partial charge is 0.492 e. The van der Waals surface area contributed by atoms with Crippen molar-refractivity contribution >= 4 is 5.97 Å². The number of carbonyl (C=O) groups is 1. The minimum Gasteiger partial charge on any atom is -0.492 e. The van der Waals surface area contributed by atoms with E-state index in [4.69, 9.17) is 14.2 Å². The van der Waals surface area contributed by atoms with Gasteiger partial charge in [0.2, 0.25) is 0 Å². The summed E-state index contributed by atoms with van der Waals surface area (Å²) in [5, 5.41) is 3.17. The van der Waals surface area contributed by atoms with E-state index >= 15 is 0 Å². The molecule has 0 aliphatic rings. The smallest absolute Gasteiger partial charge is 0.329 e. The van der Waals surface area contributed by atoms with Crippen molar-refractivity contribution in [3.8, 4) is 11.5 Å². The highest BCUT2D eigenvalue weighted by Gasteiger charge is 2.35. The molecule has 25 heavy (non-hydrogen) atoms. The number of carbonyl (C=O) groups excluding carboxylic acids is 1. The minimum atomic E-state index is -0.957. The fourth-order valence-corrected chi connectivity index (χ4v) is 2.28. The number of hydrogen-bond donors (Lipinski definition) is 1. The zero-order valence-electron chi connectivity index (χ0n) is 15.0. The summed E-state index contributed by atoms with van der Waals surface area (Å²) >= 11 is 0. The van der Waals surface area contributed by atoms with Crippen molar-refractivity contribution in [3.63, 3.8) is 0 Å². The molecule has 2 aromatic rings. The lowest BCUT2D eigenvalue weighted by atomic mass is 10.0. The molecule has 0 saturated carbocycles. The highest BCUT2D eigenvalue weighted by molar-refractivity contribution is 5.80. The van der Waals surface area contributed by atoms with E-state index in [0.717, 1.165) is 5.75 Å². The van der Waals surface area contributed by atoms with Gasteiger partial charge in [0.05, 0.1) is 7.11 Å². The molecule has 134 valence electrons. The highest BCUT2D eigenvalue weighted by atomic mass is 16.5. The summed E-state index contributed by atoms with van der Waals surface area (Å²) in [7, 11) is 1.37. The normalized spacial score (nSPS) is 12.9. The number of para-hydroxylation sites is 1. The Labute approximate surface area is 148 Å². The molecule has 0 aliphatic carbocycles. The van der Waals surface area contributed by atoms with E-state index in [1.54, 1.807) is 6.92 Å². The molecule has 0 aromatic heterocycles. The second kappa shape index (κ2) is 9.08. The van der Waals surface area contributed by atoms with E-state index in [2.05, 4.69) is 5.32 Å². The average molecular weight is 343 g/mol. The first kappa shape index (κ1) is 18.8. The zero-order valence-corrected chi connectivity index (χ0v) is 15.0. The van der Waals surface area contributed by atoms with E-state index in [1.165, 1.54) is 12.7 Å². The molecular weight excluding hydrogens is 318 g/mol. The van der Waals surface area contributed by atoms with Crippen LogP contribution in [0.15, 0.2) is 54.6 Å². The predicted molar refractivity (Wildman–Crippen MR) is 97.0 cm³/mol. The monoisotopic (exact) mass is 343 g/mol. The van der Waals surface area contributed by atoms with Gasteiger partial charge in [0.1, 0.15) is 30.3 Å². The quantitative estimate of drug-likeness (QED) is 0.560. The van der Waals surface area contributed by atoms with Crippen molar-refractivity contribution in [2.45, 2.75) is 19.4 Å². The van der Waals surface area contributed by atoms with E-state index in [1.807, 2.05) is 61.5 Å². The van der Waals surface area contributed by atoms with Gasteiger partial charge in [-0.2, -0.15) is 0 Å². The van der Waals surface area contributed by atoms with Crippen molar-refractivity contribution in [3.05, 3.63) is 60.2 Å². The SMILES string of the molecule is COC(=O)[C@](C)(COc1ccccc1)NCCOc1ccc(C)cc1. The third-order valence-electron chi connectivity index (χ3n) is 3.81. The first-order chi connectivity index (χ1) is 12.0. The van der Waals surface area contributed by atoms with Gasteiger partial charge in [-0.3, -0.25) is 5.32 Å². The molecule has 0 aliphatic heterocycles. The Bertz CT molecular complexity index is 657. The number of nitrogens with one attached hydrogen (secondary N) is 1. The maximum Gasteiger partial charge on any atom is 0.329 e. The lowest BCUT2D eigenvalue weighted by Gasteiger charge is -2.28. The summed E-state index contributed by atoms with van der Waals surface area (Å²) in [4.78, 5) is 12.2. The highest BCUT2D eigenvalue weighted by Crippen LogP contribution is 2.14. The Hall–Kier alpha value is -2.53. The first-order valence-corrected chi connectivity index (χ1v) is 8.24. The first-order valence-electron chi connectivity index (χ1n) is 8.24. The van der Waals surface area contributed by atoms with Gasteiger partial charge in [-0.05, 0) is 38.1 Å². The Kier molecular flexibility index (Phi) is 6.83. The molecular formula is C20H25NO4. The topological polar surface area (TPSA) is 56.8 Å². The van der Waals surface area contributed by atoms with Crippen LogP contribution >= 0.6 is 0 Å². The third kappa shape index (κ3) is 5.80. The van der Waals surface area contributed by atoms with Gasteiger partial charge < -0.3 is 14.2 Å². The van der Waals surface area contributed by atoms with Crippen molar-refractivity contribution in [1.82, 2.24) is 5.32 Å². The van der Waals surface area contributed by atoms with Gasteiger partial charge in [0.25, 0.3) is 0 Å². The van der Waals surface area contributed by atoms with E-state index in [-0.39, 0.29) is 12.6 Å². The third-order valence-corrected chi connectivity index (χ3v) is 3.81. The molecule has 5 nitrogen and oxygen atoms in total. The van der Waals surface area contributed by atoms with Crippen molar-refractivity contribution in [2.24, 2.45) is 0 Å². The van der Waals surface area contributed by atoms with E-state index in [0.29, 0.717) is 18.9 Å². The van der Waals surface area contributed by atoms with Crippen LogP contribution in [-0.4, -0.2) is 38.4 Å². The molecule has 5 heteroatoms. The fraction of sp³-hybridized carbons (Fsp3) is 0.350. The van der Waals surface area contributed by atoms with Crippen LogP contribution in [0.4, 0.5) is 0 Å². The van der Waals surface area contributed by atoms with Crippen molar-refractivity contribution in [2.75, 3.05) is 26.9 Å². The van der Waals surface area contributed by atoms with Crippen LogP contribution in [0.2, 0.25) is 0 Å². The van der Waals surface area contributed by atoms with Crippen LogP contribution in [0.25, 0.3) is 0 Å². The van der Waals surface area contributed by atoms with Gasteiger partial charge in [0, 0.05) is 6.54 Å². The van der Waals surface area contributed by atoms with Crippen LogP contribution in [0.1, 0.15) is 12.5 Å². The predicted octanol–water partition coefficient (Wildman–Crippen LogP) is 2.97. The lowest BCUT2D eigenvalue weighted by molar-refractivity contribution is -0.149. The Balaban J connectivity index is 1.86. The summed E-state index contributed by atoms with van der Waals surface area (Å²) < 4.78 is 16.3. The number of rotatable bonds is 9. The molecule has 0 heterocycles. The number of methoxy groups -OCH3 is 1. The van der Waals surface area contributed by atoms with Crippen molar-refractivity contribution in [1.29, 1.82) is 0 Å². The van der Waals surface area contributed by atoms with Crippen LogP contribution in [0.3, 0.4) is 0 Å². The summed E-state index contributed by atoms with van der Waals surface area (Å²) in [6.07, 6.45) is 0. The number of hydrogen-bond acceptors (Lipinski definition) is 5.